The number of nitrogens with one attached hydrogen (secondary N) is 1. The van der Waals surface area contributed by atoms with Gasteiger partial charge in [-0.15, -0.1) is 0 Å². The maximum atomic E-state index is 13.4. The van der Waals surface area contributed by atoms with E-state index in [0.29, 0.717) is 6.42 Å². The average Bonchev–Trinajstić information content (AvgIpc) is 3.38. The van der Waals surface area contributed by atoms with Crippen molar-refractivity contribution in [1.82, 2.24) is 10.2 Å². The van der Waals surface area contributed by atoms with E-state index >= 15 is 0 Å². The highest BCUT2D eigenvalue weighted by molar-refractivity contribution is 5.94. The number of carbonyl (C=O) groups excluding carboxylic acids is 3. The number of hydrogen-bond donors (Lipinski definition) is 3. The normalized spacial score (nSPS) is 22.2. The summed E-state index contributed by atoms with van der Waals surface area (Å²) in [7, 11) is 0. The highest BCUT2D eigenvalue weighted by Gasteiger charge is 2.50. The Morgan fingerprint density at radius 3 is 2.63 bits per heavy atom. The molecule has 1 aliphatic carbocycles. The molecule has 0 saturated carbocycles. The largest absolute Gasteiger partial charge is 0.445 e. The van der Waals surface area contributed by atoms with E-state index in [1.165, 1.54) is 16.0 Å². The molecule has 4 N–H and O–H groups in total. The molecule has 0 bridgehead atoms. The van der Waals surface area contributed by atoms with Gasteiger partial charge in [-0.1, -0.05) is 62.7 Å². The van der Waals surface area contributed by atoms with Crippen molar-refractivity contribution in [2.75, 3.05) is 6.54 Å². The summed E-state index contributed by atoms with van der Waals surface area (Å²) in [5, 5.41) is 12.8. The van der Waals surface area contributed by atoms with Crippen LogP contribution >= 0.6 is 0 Å². The Hall–Kier alpha value is -3.39. The molecule has 0 unspecified atom stereocenters. The summed E-state index contributed by atoms with van der Waals surface area (Å²) < 4.78 is 5.55. The Labute approximate surface area is 205 Å². The van der Waals surface area contributed by atoms with Gasteiger partial charge in [0.2, 0.25) is 11.8 Å². The maximum absolute atomic E-state index is 13.4. The van der Waals surface area contributed by atoms with Crippen LogP contribution in [0.4, 0.5) is 4.79 Å². The van der Waals surface area contributed by atoms with Crippen LogP contribution in [-0.4, -0.2) is 52.1 Å². The third kappa shape index (κ3) is 4.62. The molecule has 0 spiro atoms. The number of amides is 3. The minimum atomic E-state index is -1.31. The summed E-state index contributed by atoms with van der Waals surface area (Å²) in [5.74, 6) is -1.36. The number of β-amino-alcohol motifs (C(OH)–C–C–N with tert-alkyl or cyclic N) is 1. The van der Waals surface area contributed by atoms with Crippen molar-refractivity contribution in [3.63, 3.8) is 0 Å². The van der Waals surface area contributed by atoms with Gasteiger partial charge >= 0.3 is 6.09 Å². The fourth-order valence-electron chi connectivity index (χ4n) is 5.13. The molecule has 1 aliphatic heterocycles. The molecule has 1 fully saturated rings. The van der Waals surface area contributed by atoms with Gasteiger partial charge in [-0.25, -0.2) is 4.79 Å². The lowest BCUT2D eigenvalue weighted by atomic mass is 9.93. The highest BCUT2D eigenvalue weighted by atomic mass is 16.5. The van der Waals surface area contributed by atoms with Gasteiger partial charge in [0.05, 0.1) is 6.10 Å². The van der Waals surface area contributed by atoms with Crippen LogP contribution in [0.25, 0.3) is 11.1 Å². The van der Waals surface area contributed by atoms with E-state index in [1.54, 1.807) is 6.92 Å². The topological polar surface area (TPSA) is 122 Å². The van der Waals surface area contributed by atoms with Crippen molar-refractivity contribution in [3.05, 3.63) is 59.2 Å². The molecule has 2 aliphatic rings. The zero-order valence-electron chi connectivity index (χ0n) is 20.4. The summed E-state index contributed by atoms with van der Waals surface area (Å²) in [6, 6.07) is 13.3. The van der Waals surface area contributed by atoms with E-state index in [9.17, 15) is 19.5 Å². The molecular weight excluding hydrogens is 446 g/mol. The monoisotopic (exact) mass is 479 g/mol. The number of benzene rings is 2. The molecule has 4 rings (SSSR count). The second-order valence-corrected chi connectivity index (χ2v) is 9.81. The van der Waals surface area contributed by atoms with Crippen molar-refractivity contribution >= 4 is 17.9 Å². The Morgan fingerprint density at radius 1 is 1.20 bits per heavy atom. The first-order valence-corrected chi connectivity index (χ1v) is 12.1. The zero-order chi connectivity index (χ0) is 25.3. The first kappa shape index (κ1) is 24.7. The van der Waals surface area contributed by atoms with Crippen LogP contribution in [-0.2, 0) is 27.4 Å². The van der Waals surface area contributed by atoms with Gasteiger partial charge in [-0.2, -0.15) is 0 Å². The Kier molecular flexibility index (Phi) is 6.85. The summed E-state index contributed by atoms with van der Waals surface area (Å²) in [5.41, 5.74) is 9.90. The number of primary amides is 1. The van der Waals surface area contributed by atoms with Gasteiger partial charge in [-0.05, 0) is 47.1 Å². The van der Waals surface area contributed by atoms with Crippen LogP contribution in [0.2, 0.25) is 0 Å². The van der Waals surface area contributed by atoms with Gasteiger partial charge < -0.3 is 25.8 Å². The second kappa shape index (κ2) is 9.70. The predicted molar refractivity (Wildman–Crippen MR) is 131 cm³/mol. The number of hydrogen-bond acceptors (Lipinski definition) is 5. The molecular formula is C27H33N3O5. The van der Waals surface area contributed by atoms with Crippen molar-refractivity contribution in [3.8, 4) is 11.1 Å². The Balaban J connectivity index is 1.46. The van der Waals surface area contributed by atoms with E-state index < -0.39 is 35.6 Å². The van der Waals surface area contributed by atoms with Gasteiger partial charge in [0.1, 0.15) is 18.2 Å². The van der Waals surface area contributed by atoms with E-state index in [1.807, 2.05) is 38.1 Å². The van der Waals surface area contributed by atoms with Gasteiger partial charge in [0.15, 0.2) is 0 Å². The second-order valence-electron chi connectivity index (χ2n) is 9.81. The molecule has 2 aromatic rings. The molecule has 3 amide bonds. The molecule has 8 nitrogen and oxygen atoms in total. The molecule has 4 atom stereocenters. The van der Waals surface area contributed by atoms with Gasteiger partial charge in [-0.3, -0.25) is 9.59 Å². The van der Waals surface area contributed by atoms with E-state index in [-0.39, 0.29) is 25.5 Å². The summed E-state index contributed by atoms with van der Waals surface area (Å²) in [4.78, 5) is 39.6. The Morgan fingerprint density at radius 2 is 1.91 bits per heavy atom. The Bertz CT molecular complexity index is 1150. The highest BCUT2D eigenvalue weighted by Crippen LogP contribution is 2.38. The zero-order valence-corrected chi connectivity index (χ0v) is 20.4. The number of aliphatic hydroxyl groups excluding tert-OH is 1. The number of aliphatic hydroxyl groups is 1. The predicted octanol–water partition coefficient (Wildman–Crippen LogP) is 2.74. The summed E-state index contributed by atoms with van der Waals surface area (Å²) in [6.45, 7) is 5.36. The quantitative estimate of drug-likeness (QED) is 0.481. The lowest BCUT2D eigenvalue weighted by Crippen LogP contribution is -2.60. The molecule has 0 radical (unpaired) electrons. The smallest absolute Gasteiger partial charge is 0.408 e. The van der Waals surface area contributed by atoms with Crippen molar-refractivity contribution in [2.45, 2.75) is 64.3 Å². The third-order valence-corrected chi connectivity index (χ3v) is 7.48. The van der Waals surface area contributed by atoms with Crippen LogP contribution < -0.4 is 11.1 Å². The van der Waals surface area contributed by atoms with Crippen LogP contribution in [0, 0.1) is 5.92 Å². The first-order valence-electron chi connectivity index (χ1n) is 12.1. The summed E-state index contributed by atoms with van der Waals surface area (Å²) in [6.07, 6.45) is -0.107. The van der Waals surface area contributed by atoms with E-state index in [4.69, 9.17) is 10.5 Å². The van der Waals surface area contributed by atoms with Crippen LogP contribution in [0.5, 0.6) is 0 Å². The number of ether oxygens (including phenoxy) is 1. The minimum Gasteiger partial charge on any atom is -0.445 e. The number of carbonyl (C=O) groups is 3. The molecule has 35 heavy (non-hydrogen) atoms. The van der Waals surface area contributed by atoms with Crippen LogP contribution in [0.3, 0.4) is 0 Å². The fourth-order valence-corrected chi connectivity index (χ4v) is 5.13. The number of fused-ring (bicyclic) bond motifs is 3. The molecule has 1 saturated heterocycles. The van der Waals surface area contributed by atoms with Gasteiger partial charge in [0.25, 0.3) is 0 Å². The third-order valence-electron chi connectivity index (χ3n) is 7.48. The van der Waals surface area contributed by atoms with Crippen LogP contribution in [0.15, 0.2) is 42.5 Å². The van der Waals surface area contributed by atoms with E-state index in [2.05, 4.69) is 23.5 Å². The minimum absolute atomic E-state index is 0.0152. The molecule has 0 aromatic heterocycles. The molecule has 1 heterocycles. The number of nitrogens with zero attached hydrogens (tertiary/aromatic N) is 1. The maximum Gasteiger partial charge on any atom is 0.408 e. The van der Waals surface area contributed by atoms with Crippen molar-refractivity contribution in [2.24, 2.45) is 11.7 Å². The lowest BCUT2D eigenvalue weighted by Gasteiger charge is -2.36. The van der Waals surface area contributed by atoms with Crippen molar-refractivity contribution < 1.29 is 24.2 Å². The first-order chi connectivity index (χ1) is 16.7. The van der Waals surface area contributed by atoms with Gasteiger partial charge in [0, 0.05) is 13.0 Å². The number of nitrogens with two attached hydrogens (primary N) is 1. The van der Waals surface area contributed by atoms with Crippen LogP contribution in [0.1, 0.15) is 50.3 Å². The lowest BCUT2D eigenvalue weighted by molar-refractivity contribution is -0.145. The standard InChI is InChI=1S/C27H33N3O5/c1-4-16(2)23(24(32)30-14-19(31)13-27(30,3)25(28)33)29-26(34)35-15-18-9-7-11-21-20-10-6-5-8-17(20)12-22(18)21/h5-11,16,19,23,31H,4,12-15H2,1-3H3,(H2,28,33)(H,29,34)/t16-,19+,23-,27-/m0/s1. The van der Waals surface area contributed by atoms with Crippen molar-refractivity contribution in [1.29, 1.82) is 0 Å². The molecule has 8 heteroatoms. The molecule has 186 valence electrons. The average molecular weight is 480 g/mol. The number of likely N-dealkylation sites (tertiary alicyclic amines) is 1. The summed E-state index contributed by atoms with van der Waals surface area (Å²) >= 11 is 0. The SMILES string of the molecule is CC[C@H](C)[C@H](NC(=O)OCc1cccc2c1Cc1ccccc1-2)C(=O)N1C[C@H](O)C[C@@]1(C)C(N)=O. The fraction of sp³-hybridized carbons (Fsp3) is 0.444. The number of rotatable bonds is 7. The molecule has 2 aromatic carbocycles. The number of alkyl carbamates (subject to hydrolysis) is 1. The van der Waals surface area contributed by atoms with E-state index in [0.717, 1.165) is 23.1 Å².